The van der Waals surface area contributed by atoms with Gasteiger partial charge in [-0.25, -0.2) is 0 Å². The maximum atomic E-state index is 11.3. The van der Waals surface area contributed by atoms with Crippen LogP contribution in [0.4, 0.5) is 0 Å². The van der Waals surface area contributed by atoms with Crippen molar-refractivity contribution in [1.82, 2.24) is 10.6 Å². The summed E-state index contributed by atoms with van der Waals surface area (Å²) in [6, 6.07) is 0. The van der Waals surface area contributed by atoms with Crippen LogP contribution in [0.3, 0.4) is 0 Å². The summed E-state index contributed by atoms with van der Waals surface area (Å²) in [5, 5.41) is 5.46. The van der Waals surface area contributed by atoms with E-state index in [2.05, 4.69) is 42.5 Å². The second-order valence-electron chi connectivity index (χ2n) is 3.33. The van der Waals surface area contributed by atoms with E-state index in [-0.39, 0.29) is 21.5 Å². The van der Waals surface area contributed by atoms with Crippen LogP contribution < -0.4 is 10.6 Å². The molecule has 0 radical (unpaired) electrons. The second-order valence-corrected chi connectivity index (χ2v) is 5.54. The Bertz CT molecular complexity index is 213. The van der Waals surface area contributed by atoms with Crippen LogP contribution in [0.1, 0.15) is 26.7 Å². The molecule has 94 valence electrons. The van der Waals surface area contributed by atoms with Crippen molar-refractivity contribution >= 4 is 43.7 Å². The molecule has 0 aliphatic heterocycles. The fourth-order valence-electron chi connectivity index (χ4n) is 0.964. The van der Waals surface area contributed by atoms with E-state index in [1.54, 1.807) is 0 Å². The number of hydrogen-bond donors (Lipinski definition) is 2. The van der Waals surface area contributed by atoms with Gasteiger partial charge in [0.05, 0.1) is 9.65 Å². The highest BCUT2D eigenvalue weighted by molar-refractivity contribution is 9.10. The van der Waals surface area contributed by atoms with E-state index in [4.69, 9.17) is 0 Å². The Labute approximate surface area is 113 Å². The summed E-state index contributed by atoms with van der Waals surface area (Å²) in [5.74, 6) is -0.0785. The first kappa shape index (κ1) is 15.9. The molecule has 0 aliphatic carbocycles. The third kappa shape index (κ3) is 6.48. The first-order chi connectivity index (χ1) is 7.52. The van der Waals surface area contributed by atoms with E-state index < -0.39 is 0 Å². The van der Waals surface area contributed by atoms with Gasteiger partial charge in [0.1, 0.15) is 0 Å². The Balaban J connectivity index is 3.61. The third-order valence-corrected chi connectivity index (χ3v) is 4.14. The minimum atomic E-state index is -0.150. The number of alkyl halides is 2. The summed E-state index contributed by atoms with van der Waals surface area (Å²) in [5.41, 5.74) is 0. The topological polar surface area (TPSA) is 58.2 Å². The summed E-state index contributed by atoms with van der Waals surface area (Å²) < 4.78 is 0. The molecule has 0 spiro atoms. The van der Waals surface area contributed by atoms with E-state index in [9.17, 15) is 9.59 Å². The van der Waals surface area contributed by atoms with Gasteiger partial charge in [-0.15, -0.1) is 0 Å². The van der Waals surface area contributed by atoms with E-state index in [0.717, 1.165) is 12.8 Å². The van der Waals surface area contributed by atoms with Crippen LogP contribution in [0, 0.1) is 0 Å². The van der Waals surface area contributed by atoms with E-state index in [0.29, 0.717) is 13.1 Å². The van der Waals surface area contributed by atoms with Crippen LogP contribution in [0.15, 0.2) is 0 Å². The summed E-state index contributed by atoms with van der Waals surface area (Å²) >= 11 is 6.50. The Morgan fingerprint density at radius 1 is 0.938 bits per heavy atom. The van der Waals surface area contributed by atoms with Crippen LogP contribution >= 0.6 is 31.9 Å². The predicted octanol–water partition coefficient (Wildman–Crippen LogP) is 1.57. The lowest BCUT2D eigenvalue weighted by Gasteiger charge is -2.11. The van der Waals surface area contributed by atoms with Crippen LogP contribution in [0.5, 0.6) is 0 Å². The fourth-order valence-corrected chi connectivity index (χ4v) is 1.29. The highest BCUT2D eigenvalue weighted by atomic mass is 79.9. The number of carbonyl (C=O) groups excluding carboxylic acids is 2. The molecule has 0 unspecified atom stereocenters. The Kier molecular flexibility index (Phi) is 8.93. The van der Waals surface area contributed by atoms with Gasteiger partial charge in [0, 0.05) is 13.1 Å². The molecule has 0 aromatic carbocycles. The molecule has 0 aromatic rings. The maximum Gasteiger partial charge on any atom is 0.233 e. The summed E-state index contributed by atoms with van der Waals surface area (Å²) in [6.07, 6.45) is 1.50. The molecule has 16 heavy (non-hydrogen) atoms. The van der Waals surface area contributed by atoms with Gasteiger partial charge in [-0.1, -0.05) is 45.7 Å². The van der Waals surface area contributed by atoms with E-state index >= 15 is 0 Å². The highest BCUT2D eigenvalue weighted by Crippen LogP contribution is 2.04. The van der Waals surface area contributed by atoms with Crippen LogP contribution in [0.25, 0.3) is 0 Å². The van der Waals surface area contributed by atoms with Gasteiger partial charge >= 0.3 is 0 Å². The third-order valence-electron chi connectivity index (χ3n) is 2.01. The molecule has 2 atom stereocenters. The minimum Gasteiger partial charge on any atom is -0.353 e. The van der Waals surface area contributed by atoms with Crippen LogP contribution in [-0.2, 0) is 9.59 Å². The lowest BCUT2D eigenvalue weighted by molar-refractivity contribution is -0.122. The summed E-state index contributed by atoms with van der Waals surface area (Å²) in [6.45, 7) is 4.77. The lowest BCUT2D eigenvalue weighted by Crippen LogP contribution is -2.39. The lowest BCUT2D eigenvalue weighted by atomic mass is 10.3. The first-order valence-corrected chi connectivity index (χ1v) is 7.19. The number of rotatable bonds is 7. The molecule has 0 aliphatic rings. The van der Waals surface area contributed by atoms with Crippen molar-refractivity contribution < 1.29 is 9.59 Å². The molecular formula is C10H18Br2N2O2. The van der Waals surface area contributed by atoms with Gasteiger partial charge in [-0.05, 0) is 12.8 Å². The zero-order valence-corrected chi connectivity index (χ0v) is 12.7. The quantitative estimate of drug-likeness (QED) is 0.536. The number of halogens is 2. The van der Waals surface area contributed by atoms with Gasteiger partial charge < -0.3 is 10.6 Å². The number of amides is 2. The van der Waals surface area contributed by atoms with Crippen molar-refractivity contribution in [3.8, 4) is 0 Å². The smallest absolute Gasteiger partial charge is 0.233 e. The molecule has 6 heteroatoms. The predicted molar refractivity (Wildman–Crippen MR) is 72.0 cm³/mol. The zero-order valence-electron chi connectivity index (χ0n) is 9.56. The molecule has 0 aromatic heterocycles. The van der Waals surface area contributed by atoms with Gasteiger partial charge in [0.15, 0.2) is 0 Å². The Hall–Kier alpha value is -0.100. The molecule has 2 N–H and O–H groups in total. The monoisotopic (exact) mass is 356 g/mol. The summed E-state index contributed by atoms with van der Waals surface area (Å²) in [4.78, 5) is 22.4. The molecule has 0 fully saturated rings. The zero-order chi connectivity index (χ0) is 12.6. The molecule has 0 heterocycles. The molecule has 0 saturated heterocycles. The maximum absolute atomic E-state index is 11.3. The molecular weight excluding hydrogens is 340 g/mol. The average molecular weight is 358 g/mol. The van der Waals surface area contributed by atoms with Crippen molar-refractivity contribution in [2.75, 3.05) is 13.1 Å². The molecule has 0 rings (SSSR count). The van der Waals surface area contributed by atoms with Gasteiger partial charge in [0.25, 0.3) is 0 Å². The largest absolute Gasteiger partial charge is 0.353 e. The van der Waals surface area contributed by atoms with Gasteiger partial charge in [-0.3, -0.25) is 9.59 Å². The highest BCUT2D eigenvalue weighted by Gasteiger charge is 2.13. The van der Waals surface area contributed by atoms with Crippen LogP contribution in [0.2, 0.25) is 0 Å². The average Bonchev–Trinajstić information content (AvgIpc) is 2.31. The van der Waals surface area contributed by atoms with Crippen molar-refractivity contribution in [3.05, 3.63) is 0 Å². The number of carbonyl (C=O) groups is 2. The second kappa shape index (κ2) is 8.98. The fraction of sp³-hybridized carbons (Fsp3) is 0.800. The van der Waals surface area contributed by atoms with Crippen molar-refractivity contribution in [1.29, 1.82) is 0 Å². The Morgan fingerprint density at radius 2 is 1.25 bits per heavy atom. The normalized spacial score (nSPS) is 14.0. The van der Waals surface area contributed by atoms with Gasteiger partial charge in [-0.2, -0.15) is 0 Å². The number of nitrogens with one attached hydrogen (secondary N) is 2. The summed E-state index contributed by atoms with van der Waals surface area (Å²) in [7, 11) is 0. The van der Waals surface area contributed by atoms with E-state index in [1.807, 2.05) is 13.8 Å². The molecule has 2 amide bonds. The first-order valence-electron chi connectivity index (χ1n) is 5.36. The molecule has 0 bridgehead atoms. The van der Waals surface area contributed by atoms with Gasteiger partial charge in [0.2, 0.25) is 11.8 Å². The Morgan fingerprint density at radius 3 is 1.50 bits per heavy atom. The van der Waals surface area contributed by atoms with Crippen LogP contribution in [-0.4, -0.2) is 34.6 Å². The number of hydrogen-bond acceptors (Lipinski definition) is 2. The van der Waals surface area contributed by atoms with Crippen molar-refractivity contribution in [2.45, 2.75) is 36.3 Å². The van der Waals surface area contributed by atoms with E-state index in [1.165, 1.54) is 0 Å². The standard InChI is InChI=1S/C10H18Br2N2O2/c1-3-7(11)9(15)13-5-6-14-10(16)8(12)4-2/h7-8H,3-6H2,1-2H3,(H,13,15)(H,14,16)/t7-,8+. The van der Waals surface area contributed by atoms with Crippen molar-refractivity contribution in [2.24, 2.45) is 0 Å². The molecule has 0 saturated carbocycles. The molecule has 4 nitrogen and oxygen atoms in total. The minimum absolute atomic E-state index is 0.0392. The van der Waals surface area contributed by atoms with Crippen molar-refractivity contribution in [3.63, 3.8) is 0 Å². The SMILES string of the molecule is CC[C@@H](Br)C(=O)NCCNC(=O)[C@@H](Br)CC.